The molecule has 114 valence electrons. The molecule has 0 radical (unpaired) electrons. The number of benzene rings is 1. The minimum absolute atomic E-state index is 0.114. The lowest BCUT2D eigenvalue weighted by molar-refractivity contribution is -0.138. The Balaban J connectivity index is 2.10. The number of ether oxygens (including phenoxy) is 1. The standard InChI is InChI=1S/C16H22N2O3/c1-5-18-15(19)9-14(16(18)20)17-13-7-6-12(8-11(13)4)21-10(2)3/h6-8,10,14,17H,5,9H2,1-4H3. The molecule has 5 nitrogen and oxygen atoms in total. The van der Waals surface area contributed by atoms with Crippen molar-refractivity contribution < 1.29 is 14.3 Å². The summed E-state index contributed by atoms with van der Waals surface area (Å²) < 4.78 is 5.64. The van der Waals surface area contributed by atoms with Crippen molar-refractivity contribution in [1.29, 1.82) is 0 Å². The van der Waals surface area contributed by atoms with Crippen LogP contribution in [0, 0.1) is 6.92 Å². The molecule has 1 N–H and O–H groups in total. The van der Waals surface area contributed by atoms with E-state index in [1.165, 1.54) is 4.90 Å². The van der Waals surface area contributed by atoms with Crippen molar-refractivity contribution in [2.45, 2.75) is 46.3 Å². The van der Waals surface area contributed by atoms with Gasteiger partial charge in [-0.25, -0.2) is 0 Å². The third kappa shape index (κ3) is 3.35. The normalized spacial score (nSPS) is 18.5. The molecule has 1 unspecified atom stereocenters. The van der Waals surface area contributed by atoms with Crippen molar-refractivity contribution >= 4 is 17.5 Å². The summed E-state index contributed by atoms with van der Waals surface area (Å²) in [6.45, 7) is 8.14. The van der Waals surface area contributed by atoms with Gasteiger partial charge in [-0.15, -0.1) is 0 Å². The van der Waals surface area contributed by atoms with Crippen LogP contribution < -0.4 is 10.1 Å². The molecule has 2 amide bonds. The molecular weight excluding hydrogens is 268 g/mol. The highest BCUT2D eigenvalue weighted by atomic mass is 16.5. The average molecular weight is 290 g/mol. The zero-order valence-corrected chi connectivity index (χ0v) is 13.0. The predicted octanol–water partition coefficient (Wildman–Crippen LogP) is 2.34. The average Bonchev–Trinajstić information content (AvgIpc) is 2.66. The molecule has 21 heavy (non-hydrogen) atoms. The van der Waals surface area contributed by atoms with Crippen molar-refractivity contribution in [1.82, 2.24) is 4.90 Å². The summed E-state index contributed by atoms with van der Waals surface area (Å²) in [5, 5.41) is 3.17. The Bertz CT molecular complexity index is 554. The smallest absolute Gasteiger partial charge is 0.252 e. The minimum atomic E-state index is -0.465. The number of imide groups is 1. The second kappa shape index (κ2) is 6.16. The van der Waals surface area contributed by atoms with E-state index < -0.39 is 6.04 Å². The third-order valence-corrected chi connectivity index (χ3v) is 3.46. The summed E-state index contributed by atoms with van der Waals surface area (Å²) >= 11 is 0. The maximum Gasteiger partial charge on any atom is 0.252 e. The highest BCUT2D eigenvalue weighted by molar-refractivity contribution is 6.06. The monoisotopic (exact) mass is 290 g/mol. The van der Waals surface area contributed by atoms with Crippen LogP contribution in [-0.2, 0) is 9.59 Å². The number of rotatable bonds is 5. The van der Waals surface area contributed by atoms with E-state index in [-0.39, 0.29) is 24.3 Å². The Morgan fingerprint density at radius 3 is 2.62 bits per heavy atom. The SMILES string of the molecule is CCN1C(=O)CC(Nc2ccc(OC(C)C)cc2C)C1=O. The first-order valence-corrected chi connectivity index (χ1v) is 7.30. The molecular formula is C16H22N2O3. The number of carbonyl (C=O) groups is 2. The molecule has 1 saturated heterocycles. The minimum Gasteiger partial charge on any atom is -0.491 e. The number of carbonyl (C=O) groups excluding carboxylic acids is 2. The fourth-order valence-electron chi connectivity index (χ4n) is 2.46. The van der Waals surface area contributed by atoms with E-state index in [1.807, 2.05) is 45.9 Å². The maximum atomic E-state index is 12.1. The van der Waals surface area contributed by atoms with Crippen LogP contribution >= 0.6 is 0 Å². The molecule has 1 aliphatic heterocycles. The molecule has 5 heteroatoms. The highest BCUT2D eigenvalue weighted by Gasteiger charge is 2.37. The van der Waals surface area contributed by atoms with Gasteiger partial charge in [-0.1, -0.05) is 0 Å². The molecule has 0 aromatic heterocycles. The fourth-order valence-corrected chi connectivity index (χ4v) is 2.46. The zero-order chi connectivity index (χ0) is 15.6. The van der Waals surface area contributed by atoms with Crippen LogP contribution in [-0.4, -0.2) is 35.4 Å². The lowest BCUT2D eigenvalue weighted by Crippen LogP contribution is -2.34. The molecule has 0 bridgehead atoms. The van der Waals surface area contributed by atoms with Crippen LogP contribution in [0.25, 0.3) is 0 Å². The Morgan fingerprint density at radius 1 is 1.38 bits per heavy atom. The Hall–Kier alpha value is -2.04. The molecule has 1 heterocycles. The van der Waals surface area contributed by atoms with E-state index in [0.29, 0.717) is 6.54 Å². The van der Waals surface area contributed by atoms with E-state index in [1.54, 1.807) is 0 Å². The molecule has 1 aromatic rings. The highest BCUT2D eigenvalue weighted by Crippen LogP contribution is 2.25. The van der Waals surface area contributed by atoms with Gasteiger partial charge < -0.3 is 10.1 Å². The van der Waals surface area contributed by atoms with E-state index in [4.69, 9.17) is 4.74 Å². The van der Waals surface area contributed by atoms with Crippen molar-refractivity contribution in [3.05, 3.63) is 23.8 Å². The molecule has 0 spiro atoms. The number of anilines is 1. The Labute approximate surface area is 125 Å². The number of nitrogens with one attached hydrogen (secondary N) is 1. The van der Waals surface area contributed by atoms with E-state index in [9.17, 15) is 9.59 Å². The fraction of sp³-hybridized carbons (Fsp3) is 0.500. The van der Waals surface area contributed by atoms with Crippen LogP contribution in [0.15, 0.2) is 18.2 Å². The molecule has 1 atom stereocenters. The van der Waals surface area contributed by atoms with Crippen LogP contribution in [0.4, 0.5) is 5.69 Å². The molecule has 1 fully saturated rings. The van der Waals surface area contributed by atoms with E-state index in [0.717, 1.165) is 17.0 Å². The second-order valence-electron chi connectivity index (χ2n) is 5.52. The summed E-state index contributed by atoms with van der Waals surface area (Å²) in [5.74, 6) is 0.541. The number of nitrogens with zero attached hydrogens (tertiary/aromatic N) is 1. The number of likely N-dealkylation sites (tertiary alicyclic amines) is 1. The largest absolute Gasteiger partial charge is 0.491 e. The van der Waals surface area contributed by atoms with Crippen LogP contribution in [0.3, 0.4) is 0 Å². The summed E-state index contributed by atoms with van der Waals surface area (Å²) in [6, 6.07) is 5.22. The summed E-state index contributed by atoms with van der Waals surface area (Å²) in [6.07, 6.45) is 0.339. The van der Waals surface area contributed by atoms with Gasteiger partial charge in [0.15, 0.2) is 0 Å². The number of hydrogen-bond acceptors (Lipinski definition) is 4. The van der Waals surface area contributed by atoms with Crippen molar-refractivity contribution in [2.75, 3.05) is 11.9 Å². The Kier molecular flexibility index (Phi) is 4.50. The van der Waals surface area contributed by atoms with Gasteiger partial charge in [0, 0.05) is 12.2 Å². The molecule has 0 saturated carbocycles. The number of amides is 2. The lowest BCUT2D eigenvalue weighted by Gasteiger charge is -2.17. The van der Waals surface area contributed by atoms with Crippen molar-refractivity contribution in [2.24, 2.45) is 0 Å². The number of aryl methyl sites for hydroxylation is 1. The van der Waals surface area contributed by atoms with Crippen LogP contribution in [0.1, 0.15) is 32.8 Å². The first kappa shape index (κ1) is 15.4. The van der Waals surface area contributed by atoms with Crippen LogP contribution in [0.5, 0.6) is 5.75 Å². The van der Waals surface area contributed by atoms with Gasteiger partial charge in [0.1, 0.15) is 11.8 Å². The van der Waals surface area contributed by atoms with Gasteiger partial charge in [0.05, 0.1) is 12.5 Å². The summed E-state index contributed by atoms with van der Waals surface area (Å²) in [4.78, 5) is 25.1. The molecule has 2 rings (SSSR count). The van der Waals surface area contributed by atoms with Gasteiger partial charge in [-0.05, 0) is 51.5 Å². The number of hydrogen-bond donors (Lipinski definition) is 1. The molecule has 0 aliphatic carbocycles. The van der Waals surface area contributed by atoms with Crippen molar-refractivity contribution in [3.8, 4) is 5.75 Å². The van der Waals surface area contributed by atoms with Crippen molar-refractivity contribution in [3.63, 3.8) is 0 Å². The molecule has 1 aromatic carbocycles. The van der Waals surface area contributed by atoms with Gasteiger partial charge in [-0.3, -0.25) is 14.5 Å². The third-order valence-electron chi connectivity index (χ3n) is 3.46. The summed E-state index contributed by atoms with van der Waals surface area (Å²) in [7, 11) is 0. The van der Waals surface area contributed by atoms with E-state index >= 15 is 0 Å². The quantitative estimate of drug-likeness (QED) is 0.846. The number of likely N-dealkylation sites (N-methyl/N-ethyl adjacent to an activating group) is 1. The first-order valence-electron chi connectivity index (χ1n) is 7.30. The van der Waals surface area contributed by atoms with Gasteiger partial charge in [-0.2, -0.15) is 0 Å². The topological polar surface area (TPSA) is 58.6 Å². The van der Waals surface area contributed by atoms with E-state index in [2.05, 4.69) is 5.32 Å². The lowest BCUT2D eigenvalue weighted by atomic mass is 10.1. The molecule has 1 aliphatic rings. The predicted molar refractivity (Wildman–Crippen MR) is 81.4 cm³/mol. The van der Waals surface area contributed by atoms with Gasteiger partial charge in [0.2, 0.25) is 5.91 Å². The maximum absolute atomic E-state index is 12.1. The van der Waals surface area contributed by atoms with Gasteiger partial charge >= 0.3 is 0 Å². The first-order chi connectivity index (χ1) is 9.92. The summed E-state index contributed by atoms with van der Waals surface area (Å²) in [5.41, 5.74) is 1.85. The zero-order valence-electron chi connectivity index (χ0n) is 13.0. The van der Waals surface area contributed by atoms with Gasteiger partial charge in [0.25, 0.3) is 5.91 Å². The Morgan fingerprint density at radius 2 is 2.10 bits per heavy atom. The second-order valence-corrected chi connectivity index (χ2v) is 5.52. The van der Waals surface area contributed by atoms with Crippen LogP contribution in [0.2, 0.25) is 0 Å².